The van der Waals surface area contributed by atoms with Crippen molar-refractivity contribution in [1.82, 2.24) is 0 Å². The van der Waals surface area contributed by atoms with Gasteiger partial charge in [-0.15, -0.1) is 0 Å². The molecular formula is C8H16IO3P. The van der Waals surface area contributed by atoms with E-state index in [-0.39, 0.29) is 12.2 Å². The molecule has 13 heavy (non-hydrogen) atoms. The highest BCUT2D eigenvalue weighted by Crippen LogP contribution is 2.30. The molecule has 78 valence electrons. The molecule has 1 rings (SSSR count). The minimum Gasteiger partial charge on any atom is -0.363 e. The smallest absolute Gasteiger partial charge is 0.163 e. The van der Waals surface area contributed by atoms with Gasteiger partial charge in [-0.1, -0.05) is 22.6 Å². The molecule has 5 heteroatoms. The normalized spacial score (nSPS) is 32.3. The number of ether oxygens (including phenoxy) is 2. The molecule has 1 aliphatic heterocycles. The van der Waals surface area contributed by atoms with Gasteiger partial charge in [0.15, 0.2) is 5.79 Å². The number of hydrogen-bond acceptors (Lipinski definition) is 3. The fourth-order valence-corrected chi connectivity index (χ4v) is 2.30. The number of hydrogen-bond donors (Lipinski definition) is 0. The molecule has 3 nitrogen and oxygen atoms in total. The van der Waals surface area contributed by atoms with Gasteiger partial charge in [0, 0.05) is 13.9 Å². The third-order valence-electron chi connectivity index (χ3n) is 1.94. The quantitative estimate of drug-likeness (QED) is 0.452. The maximum atomic E-state index is 5.74. The van der Waals surface area contributed by atoms with E-state index in [9.17, 15) is 0 Å². The van der Waals surface area contributed by atoms with E-state index in [0.29, 0.717) is 6.61 Å². The van der Waals surface area contributed by atoms with Crippen LogP contribution in [0.1, 0.15) is 20.3 Å². The molecule has 1 saturated heterocycles. The SMILES string of the molecule is CC1(C)O[C@@H](CCI)[C@@H](COP)O1. The number of alkyl halides is 1. The Kier molecular flexibility index (Phi) is 4.86. The van der Waals surface area contributed by atoms with E-state index in [0.717, 1.165) is 10.8 Å². The van der Waals surface area contributed by atoms with Crippen LogP contribution in [-0.4, -0.2) is 29.0 Å². The van der Waals surface area contributed by atoms with Crippen molar-refractivity contribution in [3.8, 4) is 0 Å². The van der Waals surface area contributed by atoms with Crippen molar-refractivity contribution in [1.29, 1.82) is 0 Å². The van der Waals surface area contributed by atoms with Crippen LogP contribution >= 0.6 is 32.1 Å². The van der Waals surface area contributed by atoms with Crippen molar-refractivity contribution in [3.63, 3.8) is 0 Å². The highest BCUT2D eigenvalue weighted by Gasteiger charge is 2.40. The lowest BCUT2D eigenvalue weighted by atomic mass is 10.2. The Morgan fingerprint density at radius 3 is 2.54 bits per heavy atom. The summed E-state index contributed by atoms with van der Waals surface area (Å²) in [6.07, 6.45) is 1.26. The van der Waals surface area contributed by atoms with Crippen LogP contribution in [0.3, 0.4) is 0 Å². The van der Waals surface area contributed by atoms with E-state index >= 15 is 0 Å². The molecular weight excluding hydrogens is 302 g/mol. The molecule has 1 unspecified atom stereocenters. The molecule has 0 N–H and O–H groups in total. The van der Waals surface area contributed by atoms with Gasteiger partial charge in [0.1, 0.15) is 6.10 Å². The molecule has 0 amide bonds. The first-order valence-electron chi connectivity index (χ1n) is 4.32. The predicted octanol–water partition coefficient (Wildman–Crippen LogP) is 2.14. The molecule has 1 aliphatic rings. The van der Waals surface area contributed by atoms with E-state index < -0.39 is 5.79 Å². The van der Waals surface area contributed by atoms with Gasteiger partial charge in [-0.25, -0.2) is 0 Å². The van der Waals surface area contributed by atoms with Gasteiger partial charge >= 0.3 is 0 Å². The minimum absolute atomic E-state index is 0.0715. The van der Waals surface area contributed by atoms with Gasteiger partial charge < -0.3 is 14.0 Å². The molecule has 0 aromatic rings. The summed E-state index contributed by atoms with van der Waals surface area (Å²) in [4.78, 5) is 0. The highest BCUT2D eigenvalue weighted by atomic mass is 127. The molecule has 0 aromatic heterocycles. The van der Waals surface area contributed by atoms with Crippen molar-refractivity contribution in [3.05, 3.63) is 0 Å². The average Bonchev–Trinajstić information content (AvgIpc) is 2.28. The number of halogens is 1. The summed E-state index contributed by atoms with van der Waals surface area (Å²) in [7, 11) is 2.24. The van der Waals surface area contributed by atoms with E-state index in [1.165, 1.54) is 0 Å². The Hall–Kier alpha value is 1.04. The lowest BCUT2D eigenvalue weighted by molar-refractivity contribution is -0.148. The standard InChI is InChI=1S/C8H16IO3P/c1-8(2)11-6(3-4-9)7(12-8)5-10-13/h6-7H,3-5,13H2,1-2H3/t6-,7+/m0/s1. The maximum absolute atomic E-state index is 5.74. The second-order valence-electron chi connectivity index (χ2n) is 3.52. The third-order valence-corrected chi connectivity index (χ3v) is 2.75. The number of rotatable bonds is 4. The van der Waals surface area contributed by atoms with Gasteiger partial charge in [-0.05, 0) is 20.3 Å². The summed E-state index contributed by atoms with van der Waals surface area (Å²) in [5, 5.41) is 0. The Morgan fingerprint density at radius 2 is 2.00 bits per heavy atom. The zero-order valence-corrected chi connectivity index (χ0v) is 11.3. The Balaban J connectivity index is 2.49. The van der Waals surface area contributed by atoms with Crippen LogP contribution in [0.25, 0.3) is 0 Å². The second-order valence-corrected chi connectivity index (χ2v) is 4.94. The summed E-state index contributed by atoms with van der Waals surface area (Å²) in [6, 6.07) is 0. The van der Waals surface area contributed by atoms with E-state index in [2.05, 4.69) is 32.1 Å². The molecule has 1 heterocycles. The van der Waals surface area contributed by atoms with Gasteiger partial charge in [-0.3, -0.25) is 0 Å². The van der Waals surface area contributed by atoms with Crippen LogP contribution in [0.2, 0.25) is 0 Å². The fourth-order valence-electron chi connectivity index (χ4n) is 1.50. The van der Waals surface area contributed by atoms with Gasteiger partial charge in [-0.2, -0.15) is 0 Å². The van der Waals surface area contributed by atoms with Crippen molar-refractivity contribution < 1.29 is 14.0 Å². The van der Waals surface area contributed by atoms with E-state index in [1.54, 1.807) is 0 Å². The first-order chi connectivity index (χ1) is 6.09. The molecule has 0 bridgehead atoms. The van der Waals surface area contributed by atoms with Crippen LogP contribution < -0.4 is 0 Å². The molecule has 0 aliphatic carbocycles. The van der Waals surface area contributed by atoms with Crippen molar-refractivity contribution >= 4 is 32.1 Å². The van der Waals surface area contributed by atoms with Crippen LogP contribution in [0.4, 0.5) is 0 Å². The van der Waals surface area contributed by atoms with E-state index in [1.807, 2.05) is 13.8 Å². The largest absolute Gasteiger partial charge is 0.363 e. The molecule has 1 fully saturated rings. The topological polar surface area (TPSA) is 27.7 Å². The zero-order valence-electron chi connectivity index (χ0n) is 7.96. The fraction of sp³-hybridized carbons (Fsp3) is 1.00. The Labute approximate surface area is 95.3 Å². The van der Waals surface area contributed by atoms with E-state index in [4.69, 9.17) is 14.0 Å². The predicted molar refractivity (Wildman–Crippen MR) is 63.0 cm³/mol. The Morgan fingerprint density at radius 1 is 1.38 bits per heavy atom. The lowest BCUT2D eigenvalue weighted by Gasteiger charge is -2.16. The van der Waals surface area contributed by atoms with Crippen LogP contribution in [0.5, 0.6) is 0 Å². The first kappa shape index (κ1) is 12.1. The summed E-state index contributed by atoms with van der Waals surface area (Å²) < 4.78 is 17.5. The molecule has 0 radical (unpaired) electrons. The molecule has 0 saturated carbocycles. The first-order valence-corrected chi connectivity index (χ1v) is 6.32. The minimum atomic E-state index is -0.454. The van der Waals surface area contributed by atoms with Crippen LogP contribution in [0, 0.1) is 0 Å². The summed E-state index contributed by atoms with van der Waals surface area (Å²) in [5.74, 6) is -0.454. The van der Waals surface area contributed by atoms with Gasteiger partial charge in [0.25, 0.3) is 0 Å². The molecule has 3 atom stereocenters. The molecule has 0 spiro atoms. The summed E-state index contributed by atoms with van der Waals surface area (Å²) in [6.45, 7) is 4.46. The summed E-state index contributed by atoms with van der Waals surface area (Å²) >= 11 is 2.35. The van der Waals surface area contributed by atoms with Crippen molar-refractivity contribution in [2.45, 2.75) is 38.3 Å². The highest BCUT2D eigenvalue weighted by molar-refractivity contribution is 14.1. The van der Waals surface area contributed by atoms with Crippen molar-refractivity contribution in [2.75, 3.05) is 11.0 Å². The van der Waals surface area contributed by atoms with Gasteiger partial charge in [0.05, 0.1) is 12.7 Å². The van der Waals surface area contributed by atoms with Crippen LogP contribution in [-0.2, 0) is 14.0 Å². The zero-order chi connectivity index (χ0) is 9.90. The van der Waals surface area contributed by atoms with Crippen LogP contribution in [0.15, 0.2) is 0 Å². The average molecular weight is 318 g/mol. The lowest BCUT2D eigenvalue weighted by Crippen LogP contribution is -2.26. The summed E-state index contributed by atoms with van der Waals surface area (Å²) in [5.41, 5.74) is 0. The van der Waals surface area contributed by atoms with Crippen molar-refractivity contribution in [2.24, 2.45) is 0 Å². The molecule has 0 aromatic carbocycles. The monoisotopic (exact) mass is 318 g/mol. The van der Waals surface area contributed by atoms with Gasteiger partial charge in [0.2, 0.25) is 0 Å². The maximum Gasteiger partial charge on any atom is 0.163 e. The Bertz CT molecular complexity index is 149. The third kappa shape index (κ3) is 3.59. The second kappa shape index (κ2) is 5.21.